The van der Waals surface area contributed by atoms with Gasteiger partial charge in [0.05, 0.1) is 19.8 Å². The number of unbranched alkanes of at least 4 members (excludes halogenated alkanes) is 6. The highest BCUT2D eigenvalue weighted by Gasteiger charge is 2.40. The third kappa shape index (κ3) is 8.27. The molecule has 0 bridgehead atoms. The Bertz CT molecular complexity index is 308. The maximum Gasteiger partial charge on any atom is 0.114 e. The standard InChI is InChI=1S/C18H34O5/c1-2-3-4-5-6-7-8-9-10-11-12-22-18-16(21)14-23-17(18)15(20)13-19/h9-10,15-21H,2-8,11-14H2,1H3/b10-9+/t15-,16+,17-,18-/m1/s1. The predicted molar refractivity (Wildman–Crippen MR) is 90.3 cm³/mol. The van der Waals surface area contributed by atoms with Gasteiger partial charge in [-0.2, -0.15) is 0 Å². The van der Waals surface area contributed by atoms with E-state index >= 15 is 0 Å². The molecule has 0 saturated carbocycles. The van der Waals surface area contributed by atoms with Crippen molar-refractivity contribution in [1.29, 1.82) is 0 Å². The molecule has 1 saturated heterocycles. The number of hydrogen-bond donors (Lipinski definition) is 3. The molecule has 0 aromatic carbocycles. The SMILES string of the molecule is CCCCCCCC/C=C/CCO[C@H]1[C@@H]([C@H](O)CO)OC[C@@H]1O. The van der Waals surface area contributed by atoms with Gasteiger partial charge in [0.2, 0.25) is 0 Å². The summed E-state index contributed by atoms with van der Waals surface area (Å²) >= 11 is 0. The van der Waals surface area contributed by atoms with E-state index in [1.54, 1.807) is 0 Å². The Morgan fingerprint density at radius 2 is 1.83 bits per heavy atom. The van der Waals surface area contributed by atoms with Gasteiger partial charge in [-0.05, 0) is 19.3 Å². The van der Waals surface area contributed by atoms with Crippen LogP contribution in [-0.2, 0) is 9.47 Å². The van der Waals surface area contributed by atoms with E-state index in [0.29, 0.717) is 6.61 Å². The van der Waals surface area contributed by atoms with Crippen molar-refractivity contribution in [2.24, 2.45) is 0 Å². The Labute approximate surface area is 140 Å². The highest BCUT2D eigenvalue weighted by molar-refractivity contribution is 4.89. The van der Waals surface area contributed by atoms with Crippen molar-refractivity contribution < 1.29 is 24.8 Å². The third-order valence-electron chi connectivity index (χ3n) is 4.21. The summed E-state index contributed by atoms with van der Waals surface area (Å²) in [6.45, 7) is 2.45. The highest BCUT2D eigenvalue weighted by Crippen LogP contribution is 2.21. The smallest absolute Gasteiger partial charge is 0.114 e. The number of allylic oxidation sites excluding steroid dienone is 1. The first-order valence-corrected chi connectivity index (χ1v) is 9.05. The van der Waals surface area contributed by atoms with Crippen LogP contribution in [0.2, 0.25) is 0 Å². The lowest BCUT2D eigenvalue weighted by molar-refractivity contribution is -0.0924. The van der Waals surface area contributed by atoms with E-state index < -0.39 is 31.0 Å². The number of rotatable bonds is 13. The fourth-order valence-corrected chi connectivity index (χ4v) is 2.81. The van der Waals surface area contributed by atoms with Crippen molar-refractivity contribution in [1.82, 2.24) is 0 Å². The van der Waals surface area contributed by atoms with Crippen molar-refractivity contribution in [3.05, 3.63) is 12.2 Å². The van der Waals surface area contributed by atoms with Crippen molar-refractivity contribution in [3.63, 3.8) is 0 Å². The van der Waals surface area contributed by atoms with E-state index in [4.69, 9.17) is 14.6 Å². The molecular formula is C18H34O5. The molecule has 0 aromatic heterocycles. The van der Waals surface area contributed by atoms with Crippen LogP contribution in [0.3, 0.4) is 0 Å². The number of aliphatic hydroxyl groups is 3. The summed E-state index contributed by atoms with van der Waals surface area (Å²) in [6, 6.07) is 0. The third-order valence-corrected chi connectivity index (χ3v) is 4.21. The lowest BCUT2D eigenvalue weighted by Crippen LogP contribution is -2.42. The van der Waals surface area contributed by atoms with Gasteiger partial charge in [0, 0.05) is 0 Å². The zero-order valence-electron chi connectivity index (χ0n) is 14.4. The van der Waals surface area contributed by atoms with Gasteiger partial charge in [-0.15, -0.1) is 0 Å². The molecule has 136 valence electrons. The van der Waals surface area contributed by atoms with Gasteiger partial charge < -0.3 is 24.8 Å². The predicted octanol–water partition coefficient (Wildman–Crippen LogP) is 2.18. The van der Waals surface area contributed by atoms with Crippen LogP contribution in [0.1, 0.15) is 58.3 Å². The molecule has 1 heterocycles. The maximum absolute atomic E-state index is 9.80. The van der Waals surface area contributed by atoms with E-state index in [-0.39, 0.29) is 6.61 Å². The summed E-state index contributed by atoms with van der Waals surface area (Å²) in [7, 11) is 0. The summed E-state index contributed by atoms with van der Waals surface area (Å²) in [5.74, 6) is 0. The second kappa shape index (κ2) is 12.9. The second-order valence-electron chi connectivity index (χ2n) is 6.27. The molecule has 1 fully saturated rings. The first-order chi connectivity index (χ1) is 11.2. The molecule has 1 aliphatic rings. The molecule has 3 N–H and O–H groups in total. The minimum atomic E-state index is -1.01. The van der Waals surface area contributed by atoms with Crippen molar-refractivity contribution in [2.45, 2.75) is 82.7 Å². The first-order valence-electron chi connectivity index (χ1n) is 9.05. The van der Waals surface area contributed by atoms with Crippen LogP contribution in [0.5, 0.6) is 0 Å². The zero-order chi connectivity index (χ0) is 16.9. The van der Waals surface area contributed by atoms with E-state index in [1.807, 2.05) is 0 Å². The largest absolute Gasteiger partial charge is 0.394 e. The zero-order valence-corrected chi connectivity index (χ0v) is 14.4. The number of hydrogen-bond acceptors (Lipinski definition) is 5. The van der Waals surface area contributed by atoms with Crippen LogP contribution in [0.25, 0.3) is 0 Å². The van der Waals surface area contributed by atoms with E-state index in [0.717, 1.165) is 12.8 Å². The Kier molecular flexibility index (Phi) is 11.5. The van der Waals surface area contributed by atoms with Crippen molar-refractivity contribution >= 4 is 0 Å². The molecule has 4 atom stereocenters. The number of aliphatic hydroxyl groups excluding tert-OH is 3. The molecule has 5 nitrogen and oxygen atoms in total. The maximum atomic E-state index is 9.80. The average Bonchev–Trinajstić information content (AvgIpc) is 2.93. The molecule has 5 heteroatoms. The summed E-state index contributed by atoms with van der Waals surface area (Å²) in [5.41, 5.74) is 0. The summed E-state index contributed by atoms with van der Waals surface area (Å²) in [5, 5.41) is 28.4. The molecule has 0 spiro atoms. The molecular weight excluding hydrogens is 296 g/mol. The first kappa shape index (κ1) is 20.6. The van der Waals surface area contributed by atoms with Gasteiger partial charge in [0.25, 0.3) is 0 Å². The van der Waals surface area contributed by atoms with Gasteiger partial charge in [-0.3, -0.25) is 0 Å². The van der Waals surface area contributed by atoms with Crippen LogP contribution in [-0.4, -0.2) is 59.6 Å². The Balaban J connectivity index is 2.06. The van der Waals surface area contributed by atoms with Crippen molar-refractivity contribution in [2.75, 3.05) is 19.8 Å². The normalized spacial score (nSPS) is 26.2. The van der Waals surface area contributed by atoms with Gasteiger partial charge >= 0.3 is 0 Å². The van der Waals surface area contributed by atoms with Crippen LogP contribution >= 0.6 is 0 Å². The van der Waals surface area contributed by atoms with Gasteiger partial charge in [-0.1, -0.05) is 51.2 Å². The Hall–Kier alpha value is -0.460. The molecule has 0 radical (unpaired) electrons. The highest BCUT2D eigenvalue weighted by atomic mass is 16.6. The van der Waals surface area contributed by atoms with Gasteiger partial charge in [-0.25, -0.2) is 0 Å². The molecule has 1 aliphatic heterocycles. The summed E-state index contributed by atoms with van der Waals surface area (Å²) in [4.78, 5) is 0. The van der Waals surface area contributed by atoms with Crippen molar-refractivity contribution in [3.8, 4) is 0 Å². The van der Waals surface area contributed by atoms with Crippen LogP contribution in [0.15, 0.2) is 12.2 Å². The van der Waals surface area contributed by atoms with E-state index in [1.165, 1.54) is 38.5 Å². The molecule has 1 rings (SSSR count). The minimum Gasteiger partial charge on any atom is -0.394 e. The molecule has 0 amide bonds. The van der Waals surface area contributed by atoms with Crippen LogP contribution in [0, 0.1) is 0 Å². The fourth-order valence-electron chi connectivity index (χ4n) is 2.81. The lowest BCUT2D eigenvalue weighted by atomic mass is 10.1. The van der Waals surface area contributed by atoms with E-state index in [2.05, 4.69) is 19.1 Å². The molecule has 0 aromatic rings. The lowest BCUT2D eigenvalue weighted by Gasteiger charge is -2.23. The summed E-state index contributed by atoms with van der Waals surface area (Å²) < 4.78 is 10.9. The minimum absolute atomic E-state index is 0.139. The topological polar surface area (TPSA) is 79.2 Å². The number of ether oxygens (including phenoxy) is 2. The Morgan fingerprint density at radius 3 is 2.57 bits per heavy atom. The molecule has 0 aliphatic carbocycles. The Morgan fingerprint density at radius 1 is 1.13 bits per heavy atom. The van der Waals surface area contributed by atoms with Gasteiger partial charge in [0.15, 0.2) is 0 Å². The molecule has 23 heavy (non-hydrogen) atoms. The van der Waals surface area contributed by atoms with E-state index in [9.17, 15) is 10.2 Å². The van der Waals surface area contributed by atoms with Crippen LogP contribution < -0.4 is 0 Å². The monoisotopic (exact) mass is 330 g/mol. The van der Waals surface area contributed by atoms with Crippen LogP contribution in [0.4, 0.5) is 0 Å². The van der Waals surface area contributed by atoms with Gasteiger partial charge in [0.1, 0.15) is 24.4 Å². The average molecular weight is 330 g/mol. The fraction of sp³-hybridized carbons (Fsp3) is 0.889. The molecule has 0 unspecified atom stereocenters. The second-order valence-corrected chi connectivity index (χ2v) is 6.27. The quantitative estimate of drug-likeness (QED) is 0.356. The summed E-state index contributed by atoms with van der Waals surface area (Å²) in [6.07, 6.45) is 11.0.